The summed E-state index contributed by atoms with van der Waals surface area (Å²) in [6, 6.07) is 10.3. The molecule has 3 amide bonds. The molecule has 1 heterocycles. The second-order valence-electron chi connectivity index (χ2n) is 7.38. The summed E-state index contributed by atoms with van der Waals surface area (Å²) in [7, 11) is 0. The summed E-state index contributed by atoms with van der Waals surface area (Å²) in [5.41, 5.74) is 1.23. The topological polar surface area (TPSA) is 52.7 Å². The molecule has 0 spiro atoms. The van der Waals surface area contributed by atoms with Gasteiger partial charge in [-0.1, -0.05) is 37.3 Å². The standard InChI is InChI=1S/C20H29N3O2/c1-15(17-7-4-3-5-8-17)16(2)21-20(25)23-12-6-11-22(13-14-23)19(24)18-9-10-18/h3-5,7-8,15-16,18H,6,9-14H2,1-2H3,(H,21,25)/t15-,16-/m0/s1. The molecule has 1 aromatic carbocycles. The van der Waals surface area contributed by atoms with E-state index in [1.807, 2.05) is 28.0 Å². The Labute approximate surface area is 150 Å². The van der Waals surface area contributed by atoms with Crippen LogP contribution >= 0.6 is 0 Å². The molecular weight excluding hydrogens is 314 g/mol. The van der Waals surface area contributed by atoms with Crippen LogP contribution in [0.2, 0.25) is 0 Å². The van der Waals surface area contributed by atoms with Crippen LogP contribution in [0.5, 0.6) is 0 Å². The van der Waals surface area contributed by atoms with E-state index in [-0.39, 0.29) is 29.8 Å². The second-order valence-corrected chi connectivity index (χ2v) is 7.38. The Balaban J connectivity index is 1.51. The van der Waals surface area contributed by atoms with Crippen molar-refractivity contribution in [3.8, 4) is 0 Å². The van der Waals surface area contributed by atoms with E-state index in [1.165, 1.54) is 5.56 Å². The highest BCUT2D eigenvalue weighted by Gasteiger charge is 2.34. The van der Waals surface area contributed by atoms with E-state index in [0.717, 1.165) is 25.8 Å². The van der Waals surface area contributed by atoms with Crippen molar-refractivity contribution < 1.29 is 9.59 Å². The predicted octanol–water partition coefficient (Wildman–Crippen LogP) is 2.83. The largest absolute Gasteiger partial charge is 0.341 e. The van der Waals surface area contributed by atoms with Crippen LogP contribution in [0.3, 0.4) is 0 Å². The van der Waals surface area contributed by atoms with Gasteiger partial charge in [0.15, 0.2) is 0 Å². The van der Waals surface area contributed by atoms with Gasteiger partial charge in [0.2, 0.25) is 5.91 Å². The Hall–Kier alpha value is -2.04. The first-order valence-corrected chi connectivity index (χ1v) is 9.45. The van der Waals surface area contributed by atoms with Crippen LogP contribution < -0.4 is 5.32 Å². The van der Waals surface area contributed by atoms with Gasteiger partial charge in [-0.2, -0.15) is 0 Å². The van der Waals surface area contributed by atoms with Gasteiger partial charge < -0.3 is 15.1 Å². The predicted molar refractivity (Wildman–Crippen MR) is 98.3 cm³/mol. The SMILES string of the molecule is C[C@H](NC(=O)N1CCCN(C(=O)C2CC2)CC1)[C@H](C)c1ccccc1. The average molecular weight is 343 g/mol. The quantitative estimate of drug-likeness (QED) is 0.914. The first-order valence-electron chi connectivity index (χ1n) is 9.45. The summed E-state index contributed by atoms with van der Waals surface area (Å²) in [6.07, 6.45) is 2.93. The van der Waals surface area contributed by atoms with Crippen molar-refractivity contribution in [1.29, 1.82) is 0 Å². The van der Waals surface area contributed by atoms with Crippen LogP contribution in [-0.4, -0.2) is 54.0 Å². The van der Waals surface area contributed by atoms with Crippen LogP contribution in [0.1, 0.15) is 44.6 Å². The monoisotopic (exact) mass is 343 g/mol. The number of nitrogens with one attached hydrogen (secondary N) is 1. The molecular formula is C20H29N3O2. The number of rotatable bonds is 4. The molecule has 25 heavy (non-hydrogen) atoms. The van der Waals surface area contributed by atoms with E-state index in [1.54, 1.807) is 0 Å². The zero-order valence-corrected chi connectivity index (χ0v) is 15.3. The fourth-order valence-corrected chi connectivity index (χ4v) is 3.39. The lowest BCUT2D eigenvalue weighted by Gasteiger charge is -2.27. The minimum atomic E-state index is -0.0176. The zero-order chi connectivity index (χ0) is 17.8. The van der Waals surface area contributed by atoms with Crippen molar-refractivity contribution in [2.45, 2.75) is 45.1 Å². The van der Waals surface area contributed by atoms with Gasteiger partial charge >= 0.3 is 6.03 Å². The van der Waals surface area contributed by atoms with Crippen molar-refractivity contribution in [3.05, 3.63) is 35.9 Å². The fraction of sp³-hybridized carbons (Fsp3) is 0.600. The lowest BCUT2D eigenvalue weighted by molar-refractivity contribution is -0.132. The molecule has 0 unspecified atom stereocenters. The van der Waals surface area contributed by atoms with Gasteiger partial charge in [-0.3, -0.25) is 4.79 Å². The number of hydrogen-bond donors (Lipinski definition) is 1. The van der Waals surface area contributed by atoms with Crippen LogP contribution in [0.25, 0.3) is 0 Å². The molecule has 3 rings (SSSR count). The number of carbonyl (C=O) groups is 2. The molecule has 2 fully saturated rings. The maximum atomic E-state index is 12.6. The van der Waals surface area contributed by atoms with Gasteiger partial charge in [-0.15, -0.1) is 0 Å². The normalized spacial score (nSPS) is 20.6. The van der Waals surface area contributed by atoms with Crippen molar-refractivity contribution in [1.82, 2.24) is 15.1 Å². The molecule has 1 aliphatic heterocycles. The number of urea groups is 1. The van der Waals surface area contributed by atoms with Crippen LogP contribution in [0.4, 0.5) is 4.79 Å². The molecule has 2 atom stereocenters. The molecule has 5 nitrogen and oxygen atoms in total. The molecule has 1 saturated heterocycles. The highest BCUT2D eigenvalue weighted by molar-refractivity contribution is 5.81. The Kier molecular flexibility index (Phi) is 5.61. The molecule has 0 aromatic heterocycles. The molecule has 1 saturated carbocycles. The highest BCUT2D eigenvalue weighted by Crippen LogP contribution is 2.31. The van der Waals surface area contributed by atoms with Gasteiger partial charge in [0.05, 0.1) is 0 Å². The van der Waals surface area contributed by atoms with Gasteiger partial charge in [-0.25, -0.2) is 4.79 Å². The minimum Gasteiger partial charge on any atom is -0.341 e. The van der Waals surface area contributed by atoms with Gasteiger partial charge in [0, 0.05) is 44.1 Å². The maximum absolute atomic E-state index is 12.6. The summed E-state index contributed by atoms with van der Waals surface area (Å²) in [5, 5.41) is 3.14. The third-order valence-electron chi connectivity index (χ3n) is 5.45. The number of carbonyl (C=O) groups excluding carboxylic acids is 2. The third-order valence-corrected chi connectivity index (χ3v) is 5.45. The average Bonchev–Trinajstić information content (AvgIpc) is 3.47. The summed E-state index contributed by atoms with van der Waals surface area (Å²) < 4.78 is 0. The number of amides is 3. The van der Waals surface area contributed by atoms with Crippen molar-refractivity contribution in [2.75, 3.05) is 26.2 Å². The van der Waals surface area contributed by atoms with Gasteiger partial charge in [0.1, 0.15) is 0 Å². The van der Waals surface area contributed by atoms with Crippen LogP contribution in [0, 0.1) is 5.92 Å². The van der Waals surface area contributed by atoms with Crippen molar-refractivity contribution in [2.24, 2.45) is 5.92 Å². The first-order chi connectivity index (χ1) is 12.1. The summed E-state index contributed by atoms with van der Waals surface area (Å²) in [4.78, 5) is 28.7. The highest BCUT2D eigenvalue weighted by atomic mass is 16.2. The van der Waals surface area contributed by atoms with Crippen LogP contribution in [-0.2, 0) is 4.79 Å². The van der Waals surface area contributed by atoms with E-state index in [4.69, 9.17) is 0 Å². The Bertz CT molecular complexity index is 600. The molecule has 136 valence electrons. The maximum Gasteiger partial charge on any atom is 0.317 e. The summed E-state index contributed by atoms with van der Waals surface area (Å²) in [6.45, 7) is 6.96. The fourth-order valence-electron chi connectivity index (χ4n) is 3.39. The van der Waals surface area contributed by atoms with E-state index in [9.17, 15) is 9.59 Å². The third kappa shape index (κ3) is 4.53. The van der Waals surface area contributed by atoms with E-state index in [0.29, 0.717) is 19.6 Å². The van der Waals surface area contributed by atoms with Gasteiger partial charge in [0.25, 0.3) is 0 Å². The zero-order valence-electron chi connectivity index (χ0n) is 15.3. The minimum absolute atomic E-state index is 0.0176. The Morgan fingerprint density at radius 1 is 1.00 bits per heavy atom. The Morgan fingerprint density at radius 3 is 2.32 bits per heavy atom. The lowest BCUT2D eigenvalue weighted by atomic mass is 9.94. The smallest absolute Gasteiger partial charge is 0.317 e. The summed E-state index contributed by atoms with van der Waals surface area (Å²) in [5.74, 6) is 0.797. The second kappa shape index (κ2) is 7.89. The molecule has 1 N–H and O–H groups in total. The number of hydrogen-bond acceptors (Lipinski definition) is 2. The molecule has 1 aliphatic carbocycles. The number of benzene rings is 1. The Morgan fingerprint density at radius 2 is 1.64 bits per heavy atom. The molecule has 5 heteroatoms. The van der Waals surface area contributed by atoms with E-state index < -0.39 is 0 Å². The van der Waals surface area contributed by atoms with Gasteiger partial charge in [-0.05, 0) is 31.7 Å². The first kappa shape index (κ1) is 17.8. The van der Waals surface area contributed by atoms with Crippen molar-refractivity contribution in [3.63, 3.8) is 0 Å². The van der Waals surface area contributed by atoms with E-state index >= 15 is 0 Å². The molecule has 1 aromatic rings. The lowest BCUT2D eigenvalue weighted by Crippen LogP contribution is -2.47. The molecule has 0 radical (unpaired) electrons. The van der Waals surface area contributed by atoms with E-state index in [2.05, 4.69) is 31.3 Å². The summed E-state index contributed by atoms with van der Waals surface area (Å²) >= 11 is 0. The molecule has 2 aliphatic rings. The van der Waals surface area contributed by atoms with Crippen LogP contribution in [0.15, 0.2) is 30.3 Å². The van der Waals surface area contributed by atoms with Crippen molar-refractivity contribution >= 4 is 11.9 Å². The molecule has 0 bridgehead atoms. The number of nitrogens with zero attached hydrogens (tertiary/aromatic N) is 2.